The van der Waals surface area contributed by atoms with Crippen LogP contribution >= 0.6 is 0 Å². The van der Waals surface area contributed by atoms with Gasteiger partial charge >= 0.3 is 0 Å². The summed E-state index contributed by atoms with van der Waals surface area (Å²) in [6.45, 7) is 0.373. The smallest absolute Gasteiger partial charge is 0.207 e. The molecule has 0 aliphatic carbocycles. The Bertz CT molecular complexity index is 3250. The number of para-hydroxylation sites is 8. The minimum absolute atomic E-state index is 0.346. The maximum atomic E-state index is 7.18. The molecule has 0 atom stereocenters. The molecule has 2 N–H and O–H groups in total. The molecule has 6 nitrogen and oxygen atoms in total. The van der Waals surface area contributed by atoms with E-state index in [-0.39, 0.29) is 0 Å². The van der Waals surface area contributed by atoms with E-state index in [1.807, 2.05) is 12.1 Å². The van der Waals surface area contributed by atoms with Gasteiger partial charge < -0.3 is 14.9 Å². The number of hydrogen-bond donors (Lipinski definition) is 1. The molecule has 57 heavy (non-hydrogen) atoms. The van der Waals surface area contributed by atoms with Crippen molar-refractivity contribution in [1.82, 2.24) is 13.7 Å². The Morgan fingerprint density at radius 1 is 0.386 bits per heavy atom. The fourth-order valence-corrected chi connectivity index (χ4v) is 8.75. The van der Waals surface area contributed by atoms with Crippen LogP contribution in [-0.2, 0) is 6.54 Å². The maximum Gasteiger partial charge on any atom is 0.207 e. The lowest BCUT2D eigenvalue weighted by atomic mass is 10.1. The molecule has 0 aliphatic rings. The van der Waals surface area contributed by atoms with E-state index in [0.29, 0.717) is 18.3 Å². The van der Waals surface area contributed by atoms with Crippen LogP contribution < -0.4 is 5.73 Å². The molecular formula is C51H36N6. The molecule has 6 heteroatoms. The molecule has 0 amide bonds. The molecule has 0 unspecified atom stereocenters. The van der Waals surface area contributed by atoms with Gasteiger partial charge in [-0.05, 0) is 60.2 Å². The zero-order valence-corrected chi connectivity index (χ0v) is 31.0. The molecular weight excluding hydrogens is 697 g/mol. The lowest BCUT2D eigenvalue weighted by Crippen LogP contribution is -2.24. The Hall–Kier alpha value is -7.70. The molecule has 0 fully saturated rings. The van der Waals surface area contributed by atoms with Gasteiger partial charge in [-0.2, -0.15) is 4.99 Å². The van der Waals surface area contributed by atoms with E-state index in [9.17, 15) is 0 Å². The van der Waals surface area contributed by atoms with E-state index in [1.54, 1.807) is 0 Å². The van der Waals surface area contributed by atoms with Crippen LogP contribution in [0, 0.1) is 0 Å². The van der Waals surface area contributed by atoms with Crippen LogP contribution in [0.4, 0.5) is 0 Å². The molecule has 0 aliphatic heterocycles. The van der Waals surface area contributed by atoms with Gasteiger partial charge in [0.1, 0.15) is 0 Å². The van der Waals surface area contributed by atoms with Crippen LogP contribution in [0.2, 0.25) is 0 Å². The molecule has 8 aromatic carbocycles. The van der Waals surface area contributed by atoms with Crippen molar-refractivity contribution in [1.29, 1.82) is 0 Å². The fraction of sp³-hybridized carbons (Fsp3) is 0.0196. The van der Waals surface area contributed by atoms with E-state index in [1.165, 1.54) is 21.5 Å². The summed E-state index contributed by atoms with van der Waals surface area (Å²) in [6, 6.07) is 68.0. The second-order valence-corrected chi connectivity index (χ2v) is 14.4. The standard InChI is InChI=1S/C51H36N6/c52-51(57-47-30-14-6-22-39(47)40-23-7-15-31-48(40)57)54-50(41-24-8-16-32-49(41)56-45-28-12-4-20-37(45)38-21-5-13-29-46(38)56)53-33-34-17-1-9-25-42(34)55-43-26-10-2-18-35(43)36-19-3-11-27-44(36)55/h1-32H,33H2,(H2,52,53,54). The van der Waals surface area contributed by atoms with Crippen LogP contribution in [0.15, 0.2) is 204 Å². The summed E-state index contributed by atoms with van der Waals surface area (Å²) >= 11 is 0. The molecule has 11 rings (SSSR count). The Labute approximate surface area is 328 Å². The SMILES string of the molecule is N/C(=N\C(=N/Cc1ccccc1-n1c2ccccc2c2ccccc21)c1ccccc1-n1c2ccccc2c2ccccc21)n1c2ccccc2c2ccccc21. The summed E-state index contributed by atoms with van der Waals surface area (Å²) in [7, 11) is 0. The average Bonchev–Trinajstić information content (AvgIpc) is 3.91. The number of amidine groups is 1. The average molecular weight is 733 g/mol. The van der Waals surface area contributed by atoms with E-state index in [0.717, 1.165) is 66.4 Å². The van der Waals surface area contributed by atoms with Crippen molar-refractivity contribution in [2.45, 2.75) is 6.54 Å². The highest BCUT2D eigenvalue weighted by molar-refractivity contribution is 6.17. The van der Waals surface area contributed by atoms with Gasteiger partial charge in [-0.3, -0.25) is 9.56 Å². The van der Waals surface area contributed by atoms with Gasteiger partial charge in [-0.1, -0.05) is 140 Å². The van der Waals surface area contributed by atoms with E-state index >= 15 is 0 Å². The third-order valence-electron chi connectivity index (χ3n) is 11.2. The predicted molar refractivity (Wildman–Crippen MR) is 238 cm³/mol. The highest BCUT2D eigenvalue weighted by atomic mass is 15.2. The summed E-state index contributed by atoms with van der Waals surface area (Å²) in [5.74, 6) is 0.891. The molecule has 0 saturated heterocycles. The van der Waals surface area contributed by atoms with Gasteiger partial charge in [0.2, 0.25) is 5.96 Å². The van der Waals surface area contributed by atoms with Crippen LogP contribution in [0.3, 0.4) is 0 Å². The Balaban J connectivity index is 1.15. The van der Waals surface area contributed by atoms with Crippen LogP contribution in [-0.4, -0.2) is 25.5 Å². The number of benzene rings is 8. The van der Waals surface area contributed by atoms with Gasteiger partial charge in [0.25, 0.3) is 0 Å². The van der Waals surface area contributed by atoms with Crippen molar-refractivity contribution in [3.8, 4) is 11.4 Å². The first-order valence-corrected chi connectivity index (χ1v) is 19.3. The summed E-state index contributed by atoms with van der Waals surface area (Å²) in [5.41, 5.74) is 17.7. The second-order valence-electron chi connectivity index (χ2n) is 14.4. The Morgan fingerprint density at radius 3 is 1.23 bits per heavy atom. The normalized spacial score (nSPS) is 12.6. The van der Waals surface area contributed by atoms with Crippen molar-refractivity contribution < 1.29 is 0 Å². The summed E-state index contributed by atoms with van der Waals surface area (Å²) < 4.78 is 6.74. The zero-order valence-electron chi connectivity index (χ0n) is 31.0. The quantitative estimate of drug-likeness (QED) is 0.139. The van der Waals surface area contributed by atoms with Crippen molar-refractivity contribution >= 4 is 77.2 Å². The number of rotatable bonds is 5. The van der Waals surface area contributed by atoms with Crippen molar-refractivity contribution in [3.63, 3.8) is 0 Å². The van der Waals surface area contributed by atoms with Crippen molar-refractivity contribution in [2.24, 2.45) is 15.7 Å². The number of nitrogens with zero attached hydrogens (tertiary/aromatic N) is 5. The molecule has 0 radical (unpaired) electrons. The molecule has 0 bridgehead atoms. The van der Waals surface area contributed by atoms with Crippen LogP contribution in [0.1, 0.15) is 11.1 Å². The lowest BCUT2D eigenvalue weighted by molar-refractivity contribution is 1.02. The molecule has 0 spiro atoms. The summed E-state index contributed by atoms with van der Waals surface area (Å²) in [6.07, 6.45) is 0. The number of fused-ring (bicyclic) bond motifs is 9. The first-order chi connectivity index (χ1) is 28.2. The predicted octanol–water partition coefficient (Wildman–Crippen LogP) is 11.8. The van der Waals surface area contributed by atoms with Crippen LogP contribution in [0.25, 0.3) is 76.8 Å². The minimum Gasteiger partial charge on any atom is -0.369 e. The summed E-state index contributed by atoms with van der Waals surface area (Å²) in [4.78, 5) is 10.8. The van der Waals surface area contributed by atoms with Gasteiger partial charge in [0, 0.05) is 37.9 Å². The van der Waals surface area contributed by atoms with Crippen molar-refractivity contribution in [3.05, 3.63) is 205 Å². The maximum absolute atomic E-state index is 7.18. The van der Waals surface area contributed by atoms with Crippen molar-refractivity contribution in [2.75, 3.05) is 0 Å². The van der Waals surface area contributed by atoms with Gasteiger partial charge in [-0.15, -0.1) is 0 Å². The third kappa shape index (κ3) is 5.19. The Morgan fingerprint density at radius 2 is 0.737 bits per heavy atom. The third-order valence-corrected chi connectivity index (χ3v) is 11.2. The zero-order chi connectivity index (χ0) is 37.9. The molecule has 270 valence electrons. The van der Waals surface area contributed by atoms with Gasteiger partial charge in [-0.25, -0.2) is 0 Å². The van der Waals surface area contributed by atoms with Gasteiger partial charge in [0.05, 0.1) is 51.0 Å². The number of hydrogen-bond acceptors (Lipinski definition) is 1. The Kier molecular flexibility index (Phi) is 7.60. The van der Waals surface area contributed by atoms with E-state index < -0.39 is 0 Å². The first kappa shape index (κ1) is 32.7. The van der Waals surface area contributed by atoms with E-state index in [4.69, 9.17) is 15.7 Å². The molecule has 11 aromatic rings. The highest BCUT2D eigenvalue weighted by Crippen LogP contribution is 2.35. The number of aliphatic imine (C=N–C) groups is 2. The lowest BCUT2D eigenvalue weighted by Gasteiger charge is -2.16. The van der Waals surface area contributed by atoms with E-state index in [2.05, 4.69) is 196 Å². The molecule has 0 saturated carbocycles. The monoisotopic (exact) mass is 732 g/mol. The summed E-state index contributed by atoms with van der Waals surface area (Å²) in [5, 5.41) is 7.06. The highest BCUT2D eigenvalue weighted by Gasteiger charge is 2.20. The fourth-order valence-electron chi connectivity index (χ4n) is 8.75. The van der Waals surface area contributed by atoms with Crippen LogP contribution in [0.5, 0.6) is 0 Å². The topological polar surface area (TPSA) is 65.5 Å². The number of nitrogens with two attached hydrogens (primary N) is 1. The molecule has 3 heterocycles. The number of aromatic nitrogens is 3. The largest absolute Gasteiger partial charge is 0.369 e. The van der Waals surface area contributed by atoms with Gasteiger partial charge in [0.15, 0.2) is 5.84 Å². The first-order valence-electron chi connectivity index (χ1n) is 19.3. The second kappa shape index (κ2) is 13.3. The molecule has 3 aromatic heterocycles. The minimum atomic E-state index is 0.346.